The van der Waals surface area contributed by atoms with Crippen LogP contribution in [0.5, 0.6) is 0 Å². The summed E-state index contributed by atoms with van der Waals surface area (Å²) < 4.78 is 2.64. The second kappa shape index (κ2) is 12.4. The maximum absolute atomic E-state index is 2.43. The Morgan fingerprint density at radius 3 is 1.65 bits per heavy atom. The number of nitrogens with zero attached hydrogens (tertiary/aromatic N) is 1. The summed E-state index contributed by atoms with van der Waals surface area (Å²) in [5, 5.41) is 12.9. The van der Waals surface area contributed by atoms with Crippen LogP contribution in [0.2, 0.25) is 0 Å². The Labute approximate surface area is 317 Å². The summed E-state index contributed by atoms with van der Waals surface area (Å²) in [6.45, 7) is 0. The van der Waals surface area contributed by atoms with Crippen molar-refractivity contribution in [3.8, 4) is 22.3 Å². The quantitative estimate of drug-likeness (QED) is 0.161. The number of hydrogen-bond acceptors (Lipinski definition) is 2. The van der Waals surface area contributed by atoms with E-state index in [1.807, 2.05) is 11.3 Å². The van der Waals surface area contributed by atoms with E-state index >= 15 is 0 Å². The van der Waals surface area contributed by atoms with Crippen molar-refractivity contribution < 1.29 is 0 Å². The molecule has 54 heavy (non-hydrogen) atoms. The van der Waals surface area contributed by atoms with Gasteiger partial charge in [-0.1, -0.05) is 158 Å². The van der Waals surface area contributed by atoms with Crippen LogP contribution in [0.15, 0.2) is 200 Å². The molecule has 0 aliphatic heterocycles. The fraction of sp³-hybridized carbons (Fsp3) is 0. The minimum Gasteiger partial charge on any atom is -0.310 e. The molecule has 0 unspecified atom stereocenters. The lowest BCUT2D eigenvalue weighted by atomic mass is 9.94. The van der Waals surface area contributed by atoms with Crippen molar-refractivity contribution >= 4 is 91.7 Å². The van der Waals surface area contributed by atoms with Crippen LogP contribution in [-0.2, 0) is 0 Å². The standard InChI is InChI=1S/C52H33NS/c1-2-9-34(10-3-1)35-21-27-42(28-22-35)53(48-15-8-12-38-25-32-47-46-14-6-7-16-49(46)54-52(47)51(38)48)43-29-23-36(24-30-43)40-26-31-45-41(33-40)20-19-39-18-17-37-11-4-5-13-44(37)50(39)45/h1-33H. The van der Waals surface area contributed by atoms with Gasteiger partial charge in [0.05, 0.1) is 5.69 Å². The van der Waals surface area contributed by atoms with Crippen LogP contribution >= 0.6 is 11.3 Å². The molecule has 0 saturated carbocycles. The van der Waals surface area contributed by atoms with Gasteiger partial charge in [-0.05, 0) is 102 Å². The van der Waals surface area contributed by atoms with Gasteiger partial charge >= 0.3 is 0 Å². The van der Waals surface area contributed by atoms with Gasteiger partial charge in [0.1, 0.15) is 0 Å². The number of fused-ring (bicyclic) bond motifs is 10. The van der Waals surface area contributed by atoms with Gasteiger partial charge in [-0.25, -0.2) is 0 Å². The van der Waals surface area contributed by atoms with Crippen LogP contribution in [0.4, 0.5) is 17.1 Å². The number of rotatable bonds is 5. The molecule has 11 aromatic rings. The van der Waals surface area contributed by atoms with Gasteiger partial charge in [-0.2, -0.15) is 0 Å². The molecule has 0 fully saturated rings. The molecule has 11 rings (SSSR count). The Kier molecular flexibility index (Phi) is 7.11. The molecule has 0 aliphatic carbocycles. The molecule has 1 aromatic heterocycles. The lowest BCUT2D eigenvalue weighted by molar-refractivity contribution is 1.30. The predicted octanol–water partition coefficient (Wildman–Crippen LogP) is 15.5. The first kappa shape index (κ1) is 30.8. The zero-order valence-electron chi connectivity index (χ0n) is 29.4. The van der Waals surface area contributed by atoms with Gasteiger partial charge in [-0.15, -0.1) is 11.3 Å². The zero-order chi connectivity index (χ0) is 35.6. The third-order valence-electron chi connectivity index (χ3n) is 11.0. The van der Waals surface area contributed by atoms with Crippen molar-refractivity contribution in [1.29, 1.82) is 0 Å². The molecule has 0 saturated heterocycles. The average molecular weight is 704 g/mol. The van der Waals surface area contributed by atoms with E-state index in [1.165, 1.54) is 91.2 Å². The number of hydrogen-bond donors (Lipinski definition) is 0. The summed E-state index contributed by atoms with van der Waals surface area (Å²) in [6, 6.07) is 73.4. The highest BCUT2D eigenvalue weighted by molar-refractivity contribution is 7.26. The molecule has 0 aliphatic rings. The van der Waals surface area contributed by atoms with E-state index in [-0.39, 0.29) is 0 Å². The summed E-state index contributed by atoms with van der Waals surface area (Å²) in [7, 11) is 0. The first-order chi connectivity index (χ1) is 26.8. The second-order valence-corrected chi connectivity index (χ2v) is 15.1. The molecule has 0 amide bonds. The Bertz CT molecular complexity index is 3190. The lowest BCUT2D eigenvalue weighted by Crippen LogP contribution is -2.10. The number of thiophene rings is 1. The first-order valence-corrected chi connectivity index (χ1v) is 19.3. The van der Waals surface area contributed by atoms with E-state index in [0.717, 1.165) is 11.4 Å². The van der Waals surface area contributed by atoms with Gasteiger partial charge in [0.15, 0.2) is 0 Å². The second-order valence-electron chi connectivity index (χ2n) is 14.1. The molecule has 2 heteroatoms. The minimum atomic E-state index is 1.12. The minimum absolute atomic E-state index is 1.12. The summed E-state index contributed by atoms with van der Waals surface area (Å²) in [5.74, 6) is 0. The molecule has 252 valence electrons. The maximum atomic E-state index is 2.43. The first-order valence-electron chi connectivity index (χ1n) is 18.5. The molecule has 0 atom stereocenters. The van der Waals surface area contributed by atoms with Crippen LogP contribution in [0.1, 0.15) is 0 Å². The topological polar surface area (TPSA) is 3.24 Å². The van der Waals surface area contributed by atoms with E-state index in [0.29, 0.717) is 0 Å². The highest BCUT2D eigenvalue weighted by Gasteiger charge is 2.19. The normalized spacial score (nSPS) is 11.7. The third-order valence-corrected chi connectivity index (χ3v) is 12.2. The summed E-state index contributed by atoms with van der Waals surface area (Å²) in [6.07, 6.45) is 0. The third kappa shape index (κ3) is 4.99. The van der Waals surface area contributed by atoms with Crippen molar-refractivity contribution in [3.05, 3.63) is 200 Å². The molecule has 0 radical (unpaired) electrons. The highest BCUT2D eigenvalue weighted by atomic mass is 32.1. The predicted molar refractivity (Wildman–Crippen MR) is 235 cm³/mol. The van der Waals surface area contributed by atoms with Crippen LogP contribution in [-0.4, -0.2) is 0 Å². The Morgan fingerprint density at radius 2 is 0.852 bits per heavy atom. The molecule has 1 nitrogen and oxygen atoms in total. The van der Waals surface area contributed by atoms with E-state index < -0.39 is 0 Å². The van der Waals surface area contributed by atoms with Gasteiger partial charge in [0.25, 0.3) is 0 Å². The van der Waals surface area contributed by atoms with Crippen molar-refractivity contribution in [2.45, 2.75) is 0 Å². The van der Waals surface area contributed by atoms with Crippen molar-refractivity contribution in [1.82, 2.24) is 0 Å². The van der Waals surface area contributed by atoms with Crippen LogP contribution in [0.3, 0.4) is 0 Å². The molecular weight excluding hydrogens is 671 g/mol. The molecule has 0 N–H and O–H groups in total. The van der Waals surface area contributed by atoms with Crippen LogP contribution in [0.25, 0.3) is 85.5 Å². The molecule has 0 bridgehead atoms. The van der Waals surface area contributed by atoms with Gasteiger partial charge in [-0.3, -0.25) is 0 Å². The van der Waals surface area contributed by atoms with Crippen molar-refractivity contribution in [2.24, 2.45) is 0 Å². The maximum Gasteiger partial charge on any atom is 0.0554 e. The fourth-order valence-electron chi connectivity index (χ4n) is 8.40. The number of benzene rings is 10. The van der Waals surface area contributed by atoms with Gasteiger partial charge in [0.2, 0.25) is 0 Å². The lowest BCUT2D eigenvalue weighted by Gasteiger charge is -2.27. The Morgan fingerprint density at radius 1 is 0.315 bits per heavy atom. The number of anilines is 3. The van der Waals surface area contributed by atoms with Crippen LogP contribution in [0, 0.1) is 0 Å². The zero-order valence-corrected chi connectivity index (χ0v) is 30.2. The van der Waals surface area contributed by atoms with Gasteiger partial charge < -0.3 is 4.90 Å². The molecule has 0 spiro atoms. The Hall–Kier alpha value is -6.74. The van der Waals surface area contributed by atoms with E-state index in [9.17, 15) is 0 Å². The largest absolute Gasteiger partial charge is 0.310 e. The monoisotopic (exact) mass is 703 g/mol. The van der Waals surface area contributed by atoms with Gasteiger partial charge in [0, 0.05) is 36.9 Å². The van der Waals surface area contributed by atoms with Crippen molar-refractivity contribution in [3.63, 3.8) is 0 Å². The van der Waals surface area contributed by atoms with Crippen LogP contribution < -0.4 is 4.90 Å². The smallest absolute Gasteiger partial charge is 0.0554 e. The summed E-state index contributed by atoms with van der Waals surface area (Å²) in [4.78, 5) is 2.43. The summed E-state index contributed by atoms with van der Waals surface area (Å²) >= 11 is 1.89. The molecular formula is C52H33NS. The fourth-order valence-corrected chi connectivity index (χ4v) is 9.67. The van der Waals surface area contributed by atoms with E-state index in [2.05, 4.69) is 205 Å². The van der Waals surface area contributed by atoms with E-state index in [4.69, 9.17) is 0 Å². The molecule has 1 heterocycles. The average Bonchev–Trinajstić information content (AvgIpc) is 3.63. The van der Waals surface area contributed by atoms with Crippen molar-refractivity contribution in [2.75, 3.05) is 4.90 Å². The Balaban J connectivity index is 1.06. The van der Waals surface area contributed by atoms with E-state index in [1.54, 1.807) is 0 Å². The highest BCUT2D eigenvalue weighted by Crippen LogP contribution is 2.46. The summed E-state index contributed by atoms with van der Waals surface area (Å²) in [5.41, 5.74) is 8.25. The molecule has 10 aromatic carbocycles. The SMILES string of the molecule is c1ccc(-c2ccc(N(c3ccc(-c4ccc5c(ccc6ccc7ccccc7c65)c4)cc3)c3cccc4ccc5c6ccccc6sc5c34)cc2)cc1.